The molecule has 3 aromatic rings. The number of pyridine rings is 1. The zero-order valence-corrected chi connectivity index (χ0v) is 14.8. The second kappa shape index (κ2) is 7.08. The van der Waals surface area contributed by atoms with E-state index in [4.69, 9.17) is 9.47 Å². The van der Waals surface area contributed by atoms with Crippen LogP contribution in [0.2, 0.25) is 0 Å². The number of hydrogen-bond acceptors (Lipinski definition) is 5. The Hall–Kier alpha value is -3.80. The minimum atomic E-state index is -0.531. The Morgan fingerprint density at radius 3 is 2.50 bits per heavy atom. The van der Waals surface area contributed by atoms with Crippen LogP contribution in [-0.4, -0.2) is 16.7 Å². The molecule has 0 unspecified atom stereocenters. The number of benzene rings is 2. The zero-order chi connectivity index (χ0) is 19.7. The number of ketones is 1. The van der Waals surface area contributed by atoms with E-state index in [1.807, 2.05) is 0 Å². The highest BCUT2D eigenvalue weighted by Crippen LogP contribution is 2.39. The summed E-state index contributed by atoms with van der Waals surface area (Å²) in [5, 5.41) is 0. The minimum Gasteiger partial charge on any atom is -0.452 e. The number of ether oxygens (including phenoxy) is 2. The molecule has 1 aromatic heterocycles. The number of rotatable bonds is 3. The number of carbonyl (C=O) groups excluding carboxylic acids is 2. The van der Waals surface area contributed by atoms with Gasteiger partial charge in [-0.05, 0) is 55.0 Å². The first-order chi connectivity index (χ1) is 13.5. The van der Waals surface area contributed by atoms with Crippen LogP contribution in [0.4, 0.5) is 4.39 Å². The van der Waals surface area contributed by atoms with Crippen molar-refractivity contribution in [3.63, 3.8) is 0 Å². The minimum absolute atomic E-state index is 0.127. The van der Waals surface area contributed by atoms with Gasteiger partial charge in [-0.1, -0.05) is 12.1 Å². The van der Waals surface area contributed by atoms with Crippen LogP contribution in [0, 0.1) is 12.7 Å². The Bertz CT molecular complexity index is 1110. The van der Waals surface area contributed by atoms with Crippen molar-refractivity contribution in [2.45, 2.75) is 6.92 Å². The molecule has 1 aliphatic heterocycles. The summed E-state index contributed by atoms with van der Waals surface area (Å²) in [6, 6.07) is 11.9. The van der Waals surface area contributed by atoms with Crippen LogP contribution >= 0.6 is 0 Å². The third-order valence-corrected chi connectivity index (χ3v) is 4.32. The predicted octanol–water partition coefficient (Wildman–Crippen LogP) is 4.36. The van der Waals surface area contributed by atoms with Gasteiger partial charge in [-0.2, -0.15) is 0 Å². The van der Waals surface area contributed by atoms with Gasteiger partial charge < -0.3 is 9.47 Å². The molecular formula is C22H14FNO4. The maximum absolute atomic E-state index is 13.1. The molecule has 2 aromatic carbocycles. The van der Waals surface area contributed by atoms with Crippen molar-refractivity contribution in [1.82, 2.24) is 4.98 Å². The van der Waals surface area contributed by atoms with Crippen molar-refractivity contribution in [2.24, 2.45) is 0 Å². The average Bonchev–Trinajstić information content (AvgIpc) is 3.03. The maximum Gasteiger partial charge on any atom is 0.343 e. The van der Waals surface area contributed by atoms with Crippen molar-refractivity contribution in [1.29, 1.82) is 0 Å². The molecule has 0 saturated heterocycles. The molecule has 1 aliphatic rings. The second-order valence-electron chi connectivity index (χ2n) is 6.18. The molecule has 0 spiro atoms. The third kappa shape index (κ3) is 3.27. The summed E-state index contributed by atoms with van der Waals surface area (Å²) in [6.07, 6.45) is 4.55. The van der Waals surface area contributed by atoms with Gasteiger partial charge >= 0.3 is 5.97 Å². The third-order valence-electron chi connectivity index (χ3n) is 4.32. The lowest BCUT2D eigenvalue weighted by atomic mass is 10.1. The van der Waals surface area contributed by atoms with Gasteiger partial charge in [0.2, 0.25) is 5.78 Å². The second-order valence-corrected chi connectivity index (χ2v) is 6.18. The van der Waals surface area contributed by atoms with E-state index in [9.17, 15) is 14.0 Å². The van der Waals surface area contributed by atoms with Gasteiger partial charge in [0.05, 0.1) is 11.1 Å². The van der Waals surface area contributed by atoms with Crippen LogP contribution in [0.5, 0.6) is 11.5 Å². The van der Waals surface area contributed by atoms with Gasteiger partial charge in [0.1, 0.15) is 17.3 Å². The summed E-state index contributed by atoms with van der Waals surface area (Å²) in [5.41, 5.74) is 1.92. The first kappa shape index (κ1) is 17.6. The number of hydrogen-bond donors (Lipinski definition) is 0. The highest BCUT2D eigenvalue weighted by Gasteiger charge is 2.30. The van der Waals surface area contributed by atoms with Crippen molar-refractivity contribution >= 4 is 17.8 Å². The molecule has 5 nitrogen and oxygen atoms in total. The van der Waals surface area contributed by atoms with Crippen molar-refractivity contribution in [3.05, 3.63) is 94.8 Å². The first-order valence-corrected chi connectivity index (χ1v) is 8.48. The van der Waals surface area contributed by atoms with Crippen LogP contribution in [0.25, 0.3) is 6.08 Å². The van der Waals surface area contributed by atoms with Gasteiger partial charge in [0.15, 0.2) is 5.76 Å². The molecule has 0 bridgehead atoms. The fourth-order valence-corrected chi connectivity index (χ4v) is 2.84. The van der Waals surface area contributed by atoms with E-state index < -0.39 is 5.97 Å². The van der Waals surface area contributed by atoms with Crippen molar-refractivity contribution in [3.8, 4) is 11.5 Å². The van der Waals surface area contributed by atoms with E-state index >= 15 is 0 Å². The quantitative estimate of drug-likeness (QED) is 0.386. The Morgan fingerprint density at radius 2 is 1.79 bits per heavy atom. The topological polar surface area (TPSA) is 65.5 Å². The summed E-state index contributed by atoms with van der Waals surface area (Å²) >= 11 is 0. The van der Waals surface area contributed by atoms with Gasteiger partial charge in [0.25, 0.3) is 0 Å². The molecule has 0 saturated carbocycles. The van der Waals surface area contributed by atoms with Crippen molar-refractivity contribution < 1.29 is 23.5 Å². The number of nitrogens with zero attached hydrogens (tertiary/aromatic N) is 1. The summed E-state index contributed by atoms with van der Waals surface area (Å²) in [6.45, 7) is 1.71. The molecule has 0 atom stereocenters. The highest BCUT2D eigenvalue weighted by atomic mass is 19.1. The molecule has 2 heterocycles. The molecule has 6 heteroatoms. The van der Waals surface area contributed by atoms with E-state index in [1.165, 1.54) is 24.5 Å². The number of Topliss-reactive ketones (excluding diaryl/α,β-unsaturated/α-hetero) is 1. The van der Waals surface area contributed by atoms with E-state index in [-0.39, 0.29) is 17.4 Å². The van der Waals surface area contributed by atoms with Crippen LogP contribution in [0.3, 0.4) is 0 Å². The number of aromatic nitrogens is 1. The monoisotopic (exact) mass is 375 g/mol. The zero-order valence-electron chi connectivity index (χ0n) is 14.8. The fraction of sp³-hybridized carbons (Fsp3) is 0.0455. The van der Waals surface area contributed by atoms with Crippen molar-refractivity contribution in [2.75, 3.05) is 0 Å². The summed E-state index contributed by atoms with van der Waals surface area (Å²) in [5.74, 6) is -0.399. The van der Waals surface area contributed by atoms with Gasteiger partial charge in [0, 0.05) is 18.0 Å². The Kier molecular flexibility index (Phi) is 4.45. The van der Waals surface area contributed by atoms with Gasteiger partial charge in [-0.25, -0.2) is 9.18 Å². The number of esters is 1. The molecule has 0 amide bonds. The molecule has 0 N–H and O–H groups in total. The first-order valence-electron chi connectivity index (χ1n) is 8.48. The molecule has 0 fully saturated rings. The van der Waals surface area contributed by atoms with Gasteiger partial charge in [-0.3, -0.25) is 9.78 Å². The van der Waals surface area contributed by atoms with Crippen LogP contribution in [0.15, 0.2) is 66.7 Å². The molecular weight excluding hydrogens is 361 g/mol. The lowest BCUT2D eigenvalue weighted by Gasteiger charge is -2.10. The summed E-state index contributed by atoms with van der Waals surface area (Å²) in [7, 11) is 0. The van der Waals surface area contributed by atoms with Crippen LogP contribution < -0.4 is 9.47 Å². The maximum atomic E-state index is 13.1. The fourth-order valence-electron chi connectivity index (χ4n) is 2.84. The Morgan fingerprint density at radius 1 is 1.07 bits per heavy atom. The number of allylic oxidation sites excluding steroid dienone is 1. The summed E-state index contributed by atoms with van der Waals surface area (Å²) in [4.78, 5) is 28.7. The molecule has 28 heavy (non-hydrogen) atoms. The smallest absolute Gasteiger partial charge is 0.343 e. The molecule has 138 valence electrons. The lowest BCUT2D eigenvalue weighted by Crippen LogP contribution is -2.09. The lowest BCUT2D eigenvalue weighted by molar-refractivity contribution is 0.0733. The summed E-state index contributed by atoms with van der Waals surface area (Å²) < 4.78 is 24.2. The largest absolute Gasteiger partial charge is 0.452 e. The normalized spacial score (nSPS) is 13.9. The molecule has 0 radical (unpaired) electrons. The molecule has 4 rings (SSSR count). The molecule has 0 aliphatic carbocycles. The van der Waals surface area contributed by atoms with Crippen LogP contribution in [-0.2, 0) is 0 Å². The van der Waals surface area contributed by atoms with E-state index in [1.54, 1.807) is 49.4 Å². The number of halogens is 1. The standard InChI is InChI=1S/C22H14FNO4/c1-13-18(28-22(26)15-8-10-24-11-9-15)7-6-17-20(25)19(27-21(13)17)12-14-2-4-16(23)5-3-14/h2-12H,1H3/b19-12-. The average molecular weight is 375 g/mol. The van der Waals surface area contributed by atoms with E-state index in [0.29, 0.717) is 33.8 Å². The number of carbonyl (C=O) groups is 2. The predicted molar refractivity (Wildman–Crippen MR) is 99.7 cm³/mol. The van der Waals surface area contributed by atoms with Gasteiger partial charge in [-0.15, -0.1) is 0 Å². The number of fused-ring (bicyclic) bond motifs is 1. The SMILES string of the molecule is Cc1c(OC(=O)c2ccncc2)ccc2c1O/C(=C\c1ccc(F)cc1)C2=O. The van der Waals surface area contributed by atoms with E-state index in [0.717, 1.165) is 0 Å². The van der Waals surface area contributed by atoms with Crippen LogP contribution in [0.1, 0.15) is 31.8 Å². The highest BCUT2D eigenvalue weighted by molar-refractivity contribution is 6.15. The Balaban J connectivity index is 1.61. The van der Waals surface area contributed by atoms with E-state index in [2.05, 4.69) is 4.98 Å². The Labute approximate surface area is 160 Å².